The van der Waals surface area contributed by atoms with Crippen LogP contribution in [0.4, 0.5) is 0 Å². The molecule has 0 unspecified atom stereocenters. The highest BCUT2D eigenvalue weighted by Crippen LogP contribution is 2.34. The number of aromatic nitrogens is 2. The summed E-state index contributed by atoms with van der Waals surface area (Å²) in [6.07, 6.45) is 1.86. The maximum Gasteiger partial charge on any atom is 0.275 e. The number of ether oxygens (including phenoxy) is 3. The van der Waals surface area contributed by atoms with Gasteiger partial charge in [-0.15, -0.1) is 0 Å². The highest BCUT2D eigenvalue weighted by atomic mass is 16.5. The van der Waals surface area contributed by atoms with Crippen molar-refractivity contribution < 1.29 is 19.0 Å². The predicted molar refractivity (Wildman–Crippen MR) is 131 cm³/mol. The van der Waals surface area contributed by atoms with E-state index in [1.165, 1.54) is 0 Å². The van der Waals surface area contributed by atoms with Crippen molar-refractivity contribution in [3.8, 4) is 34.1 Å². The average Bonchev–Trinajstić information content (AvgIpc) is 3.34. The molecule has 0 atom stereocenters. The minimum absolute atomic E-state index is 0.203. The molecule has 174 valence electrons. The summed E-state index contributed by atoms with van der Waals surface area (Å²) in [6.45, 7) is 0.381. The van der Waals surface area contributed by atoms with Crippen LogP contribution in [0.2, 0.25) is 0 Å². The van der Waals surface area contributed by atoms with Crippen LogP contribution in [0.15, 0.2) is 79.0 Å². The number of amides is 1. The van der Waals surface area contributed by atoms with E-state index in [1.807, 2.05) is 79.0 Å². The molecule has 0 saturated carbocycles. The van der Waals surface area contributed by atoms with Gasteiger partial charge < -0.3 is 19.1 Å². The second-order valence-corrected chi connectivity index (χ2v) is 7.71. The molecular formula is C27H27N3O4. The quantitative estimate of drug-likeness (QED) is 0.379. The fourth-order valence-corrected chi connectivity index (χ4v) is 3.80. The molecule has 0 bridgehead atoms. The van der Waals surface area contributed by atoms with Gasteiger partial charge in [-0.25, -0.2) is 4.68 Å². The van der Waals surface area contributed by atoms with Gasteiger partial charge in [0.15, 0.2) is 17.2 Å². The Balaban J connectivity index is 1.76. The third-order valence-corrected chi connectivity index (χ3v) is 5.58. The van der Waals surface area contributed by atoms with E-state index in [-0.39, 0.29) is 5.91 Å². The van der Waals surface area contributed by atoms with Crippen LogP contribution in [-0.2, 0) is 6.54 Å². The first-order valence-corrected chi connectivity index (χ1v) is 10.8. The Labute approximate surface area is 199 Å². The van der Waals surface area contributed by atoms with Crippen LogP contribution in [0, 0.1) is 0 Å². The number of carbonyl (C=O) groups excluding carboxylic acids is 1. The van der Waals surface area contributed by atoms with Crippen molar-refractivity contribution in [1.29, 1.82) is 0 Å². The largest absolute Gasteiger partial charge is 0.496 e. The van der Waals surface area contributed by atoms with Crippen molar-refractivity contribution >= 4 is 5.91 Å². The molecule has 7 nitrogen and oxygen atoms in total. The molecule has 0 fully saturated rings. The first-order valence-electron chi connectivity index (χ1n) is 10.8. The van der Waals surface area contributed by atoms with E-state index >= 15 is 0 Å². The molecule has 0 N–H and O–H groups in total. The molecule has 1 aromatic heterocycles. The zero-order valence-electron chi connectivity index (χ0n) is 19.7. The van der Waals surface area contributed by atoms with Crippen molar-refractivity contribution in [2.45, 2.75) is 6.54 Å². The zero-order valence-corrected chi connectivity index (χ0v) is 19.7. The smallest absolute Gasteiger partial charge is 0.275 e. The normalized spacial score (nSPS) is 10.6. The average molecular weight is 458 g/mol. The molecule has 34 heavy (non-hydrogen) atoms. The summed E-state index contributed by atoms with van der Waals surface area (Å²) in [6, 6.07) is 22.9. The highest BCUT2D eigenvalue weighted by Gasteiger charge is 2.23. The molecule has 0 saturated heterocycles. The van der Waals surface area contributed by atoms with Crippen LogP contribution in [0.1, 0.15) is 16.1 Å². The first-order chi connectivity index (χ1) is 16.5. The molecule has 0 radical (unpaired) electrons. The number of hydrogen-bond donors (Lipinski definition) is 0. The molecule has 1 amide bonds. The zero-order chi connectivity index (χ0) is 24.1. The van der Waals surface area contributed by atoms with Gasteiger partial charge in [-0.05, 0) is 35.9 Å². The van der Waals surface area contributed by atoms with Gasteiger partial charge in [0.2, 0.25) is 0 Å². The lowest BCUT2D eigenvalue weighted by molar-refractivity contribution is 0.0778. The summed E-state index contributed by atoms with van der Waals surface area (Å²) in [7, 11) is 6.56. The standard InChI is InChI=1S/C27H27N3O4/c1-29(17-20-10-8-9-13-23(20)32-2)27(31)26-22(18-30(28-26)21-11-6-5-7-12-21)19-14-15-24(33-3)25(16-19)34-4/h5-16,18H,17H2,1-4H3. The topological polar surface area (TPSA) is 65.8 Å². The first kappa shape index (κ1) is 22.9. The number of para-hydroxylation sites is 2. The lowest BCUT2D eigenvalue weighted by Crippen LogP contribution is -2.27. The van der Waals surface area contributed by atoms with Crippen LogP contribution in [-0.4, -0.2) is 49.0 Å². The van der Waals surface area contributed by atoms with Crippen LogP contribution in [0.3, 0.4) is 0 Å². The number of hydrogen-bond acceptors (Lipinski definition) is 5. The summed E-state index contributed by atoms with van der Waals surface area (Å²) in [4.78, 5) is 15.3. The third kappa shape index (κ3) is 4.59. The fraction of sp³-hybridized carbons (Fsp3) is 0.185. The predicted octanol–water partition coefficient (Wildman–Crippen LogP) is 4.84. The third-order valence-electron chi connectivity index (χ3n) is 5.58. The second kappa shape index (κ2) is 10.1. The summed E-state index contributed by atoms with van der Waals surface area (Å²) in [5.41, 5.74) is 3.61. The lowest BCUT2D eigenvalue weighted by Gasteiger charge is -2.18. The maximum atomic E-state index is 13.6. The van der Waals surface area contributed by atoms with E-state index < -0.39 is 0 Å². The molecule has 0 spiro atoms. The molecule has 3 aromatic carbocycles. The Kier molecular flexibility index (Phi) is 6.82. The summed E-state index contributed by atoms with van der Waals surface area (Å²) < 4.78 is 18.0. The minimum atomic E-state index is -0.203. The van der Waals surface area contributed by atoms with Crippen LogP contribution in [0.25, 0.3) is 16.8 Å². The Morgan fingerprint density at radius 2 is 1.53 bits per heavy atom. The Bertz CT molecular complexity index is 1280. The molecule has 0 aliphatic rings. The van der Waals surface area contributed by atoms with Crippen LogP contribution < -0.4 is 14.2 Å². The molecule has 4 rings (SSSR count). The van der Waals surface area contributed by atoms with E-state index in [4.69, 9.17) is 14.2 Å². The van der Waals surface area contributed by atoms with E-state index in [0.29, 0.717) is 29.3 Å². The Morgan fingerprint density at radius 1 is 0.853 bits per heavy atom. The van der Waals surface area contributed by atoms with Gasteiger partial charge in [0, 0.05) is 30.9 Å². The maximum absolute atomic E-state index is 13.6. The number of carbonyl (C=O) groups is 1. The molecule has 7 heteroatoms. The summed E-state index contributed by atoms with van der Waals surface area (Å²) >= 11 is 0. The molecular weight excluding hydrogens is 430 g/mol. The number of methoxy groups -OCH3 is 3. The number of rotatable bonds is 8. The van der Waals surface area contributed by atoms with E-state index in [1.54, 1.807) is 38.0 Å². The van der Waals surface area contributed by atoms with Crippen molar-refractivity contribution in [3.63, 3.8) is 0 Å². The van der Waals surface area contributed by atoms with Gasteiger partial charge in [0.25, 0.3) is 5.91 Å². The number of nitrogens with zero attached hydrogens (tertiary/aromatic N) is 3. The minimum Gasteiger partial charge on any atom is -0.496 e. The highest BCUT2D eigenvalue weighted by molar-refractivity contribution is 5.99. The van der Waals surface area contributed by atoms with Gasteiger partial charge in [0.1, 0.15) is 5.75 Å². The monoisotopic (exact) mass is 457 g/mol. The Morgan fingerprint density at radius 3 is 2.24 bits per heavy atom. The molecule has 0 aliphatic heterocycles. The van der Waals surface area contributed by atoms with Crippen LogP contribution >= 0.6 is 0 Å². The Hall–Kier alpha value is -4.26. The van der Waals surface area contributed by atoms with Gasteiger partial charge in [0.05, 0.1) is 27.0 Å². The van der Waals surface area contributed by atoms with Gasteiger partial charge >= 0.3 is 0 Å². The van der Waals surface area contributed by atoms with E-state index in [2.05, 4.69) is 5.10 Å². The van der Waals surface area contributed by atoms with Gasteiger partial charge in [-0.2, -0.15) is 5.10 Å². The van der Waals surface area contributed by atoms with E-state index in [0.717, 1.165) is 22.6 Å². The fourth-order valence-electron chi connectivity index (χ4n) is 3.80. The SMILES string of the molecule is COc1ccccc1CN(C)C(=O)c1nn(-c2ccccc2)cc1-c1ccc(OC)c(OC)c1. The van der Waals surface area contributed by atoms with Crippen molar-refractivity contribution in [2.75, 3.05) is 28.4 Å². The molecule has 4 aromatic rings. The second-order valence-electron chi connectivity index (χ2n) is 7.71. The molecule has 1 heterocycles. The van der Waals surface area contributed by atoms with Crippen molar-refractivity contribution in [3.05, 3.63) is 90.3 Å². The van der Waals surface area contributed by atoms with E-state index in [9.17, 15) is 4.79 Å². The van der Waals surface area contributed by atoms with Gasteiger partial charge in [-0.1, -0.05) is 42.5 Å². The summed E-state index contributed by atoms with van der Waals surface area (Å²) in [5.74, 6) is 1.72. The van der Waals surface area contributed by atoms with Crippen molar-refractivity contribution in [1.82, 2.24) is 14.7 Å². The number of benzene rings is 3. The van der Waals surface area contributed by atoms with Crippen LogP contribution in [0.5, 0.6) is 17.2 Å². The summed E-state index contributed by atoms with van der Waals surface area (Å²) in [5, 5.41) is 4.68. The van der Waals surface area contributed by atoms with Gasteiger partial charge in [-0.3, -0.25) is 4.79 Å². The lowest BCUT2D eigenvalue weighted by atomic mass is 10.0. The van der Waals surface area contributed by atoms with Crippen molar-refractivity contribution in [2.24, 2.45) is 0 Å². The molecule has 0 aliphatic carbocycles.